The third-order valence-electron chi connectivity index (χ3n) is 12.4. The van der Waals surface area contributed by atoms with Crippen LogP contribution in [0.5, 0.6) is 0 Å². The zero-order valence-electron chi connectivity index (χ0n) is 33.6. The molecular weight excluding hydrogens is 492 g/mol. The van der Waals surface area contributed by atoms with Gasteiger partial charge in [-0.3, -0.25) is 0 Å². The molecule has 0 heteroatoms. The highest BCUT2D eigenvalue weighted by molar-refractivity contribution is 4.93. The van der Waals surface area contributed by atoms with Crippen LogP contribution < -0.4 is 0 Å². The van der Waals surface area contributed by atoms with E-state index in [1.165, 1.54) is 64.2 Å². The molecule has 0 amide bonds. The minimum atomic E-state index is 0.542. The van der Waals surface area contributed by atoms with Gasteiger partial charge in [0.15, 0.2) is 0 Å². The Morgan fingerprint density at radius 1 is 0.512 bits per heavy atom. The molecule has 1 saturated carbocycles. The van der Waals surface area contributed by atoms with E-state index >= 15 is 0 Å². The molecule has 1 atom stereocenters. The molecule has 0 saturated heterocycles. The van der Waals surface area contributed by atoms with Gasteiger partial charge in [0, 0.05) is 0 Å². The van der Waals surface area contributed by atoms with Crippen molar-refractivity contribution in [2.45, 2.75) is 210 Å². The second-order valence-electron chi connectivity index (χ2n) is 15.9. The fourth-order valence-corrected chi connectivity index (χ4v) is 5.59. The third-order valence-corrected chi connectivity index (χ3v) is 12.4. The quantitative estimate of drug-likeness (QED) is 0.202. The fraction of sp³-hybridized carbons (Fsp3) is 1.00. The number of hydrogen-bond donors (Lipinski definition) is 0. The molecule has 0 radical (unpaired) electrons. The van der Waals surface area contributed by atoms with E-state index in [0.29, 0.717) is 10.8 Å². The molecule has 0 aliphatic heterocycles. The topological polar surface area (TPSA) is 0 Å². The number of rotatable bonds is 13. The van der Waals surface area contributed by atoms with E-state index in [-0.39, 0.29) is 0 Å². The second-order valence-corrected chi connectivity index (χ2v) is 15.9. The van der Waals surface area contributed by atoms with Crippen molar-refractivity contribution in [3.05, 3.63) is 0 Å². The van der Waals surface area contributed by atoms with Crippen molar-refractivity contribution in [1.82, 2.24) is 0 Å². The normalized spacial score (nSPS) is 15.0. The lowest BCUT2D eigenvalue weighted by molar-refractivity contribution is 0.162. The van der Waals surface area contributed by atoms with Gasteiger partial charge < -0.3 is 0 Å². The Labute approximate surface area is 266 Å². The van der Waals surface area contributed by atoms with E-state index in [0.717, 1.165) is 46.8 Å². The molecule has 0 nitrogen and oxygen atoms in total. The molecular formula is C41H90. The van der Waals surface area contributed by atoms with Crippen LogP contribution >= 0.6 is 0 Å². The Balaban J connectivity index is -0.000000210. The Morgan fingerprint density at radius 2 is 0.902 bits per heavy atom. The molecule has 0 spiro atoms. The van der Waals surface area contributed by atoms with Gasteiger partial charge in [-0.2, -0.15) is 0 Å². The van der Waals surface area contributed by atoms with Crippen LogP contribution in [0.3, 0.4) is 0 Å². The third kappa shape index (κ3) is 21.4. The highest BCUT2D eigenvalue weighted by Crippen LogP contribution is 2.54. The zero-order valence-corrected chi connectivity index (χ0v) is 33.6. The van der Waals surface area contributed by atoms with Crippen LogP contribution in [-0.4, -0.2) is 0 Å². The molecule has 1 unspecified atom stereocenters. The van der Waals surface area contributed by atoms with Gasteiger partial charge in [-0.1, -0.05) is 197 Å². The van der Waals surface area contributed by atoms with Crippen molar-refractivity contribution < 1.29 is 0 Å². The van der Waals surface area contributed by atoms with Crippen molar-refractivity contribution in [3.63, 3.8) is 0 Å². The Morgan fingerprint density at radius 3 is 0.902 bits per heavy atom. The summed E-state index contributed by atoms with van der Waals surface area (Å²) < 4.78 is 0. The predicted molar refractivity (Wildman–Crippen MR) is 197 cm³/mol. The SMILES string of the molecule is CCC(C)(C)C(C)C.CCC(C)C(C)C.CCC(CC)(CC)C(C)C.CCC(CC)C(C)C.CCC1(C(C)C)CC1. The lowest BCUT2D eigenvalue weighted by Gasteiger charge is -2.34. The Kier molecular flexibility index (Phi) is 29.6. The predicted octanol–water partition coefficient (Wildman–Crippen LogP) is 15.5. The molecule has 41 heavy (non-hydrogen) atoms. The summed E-state index contributed by atoms with van der Waals surface area (Å²) in [6.07, 6.45) is 13.6. The van der Waals surface area contributed by atoms with E-state index in [4.69, 9.17) is 0 Å². The second kappa shape index (κ2) is 25.3. The van der Waals surface area contributed by atoms with Gasteiger partial charge in [-0.05, 0) is 70.5 Å². The highest BCUT2D eigenvalue weighted by Gasteiger charge is 2.42. The first-order chi connectivity index (χ1) is 18.7. The van der Waals surface area contributed by atoms with Crippen LogP contribution in [0.4, 0.5) is 0 Å². The minimum Gasteiger partial charge on any atom is -0.0651 e. The van der Waals surface area contributed by atoms with Crippen molar-refractivity contribution in [1.29, 1.82) is 0 Å². The van der Waals surface area contributed by atoms with Crippen LogP contribution in [0.2, 0.25) is 0 Å². The van der Waals surface area contributed by atoms with E-state index in [1.54, 1.807) is 0 Å². The molecule has 1 fully saturated rings. The molecule has 0 aromatic heterocycles. The Hall–Kier alpha value is 0. The molecule has 0 aromatic carbocycles. The summed E-state index contributed by atoms with van der Waals surface area (Å²) in [5.74, 6) is 6.18. The lowest BCUT2D eigenvalue weighted by Crippen LogP contribution is -2.24. The van der Waals surface area contributed by atoms with E-state index < -0.39 is 0 Å². The molecule has 1 rings (SSSR count). The average Bonchev–Trinajstić information content (AvgIpc) is 3.73. The van der Waals surface area contributed by atoms with Crippen molar-refractivity contribution >= 4 is 0 Å². The van der Waals surface area contributed by atoms with Crippen LogP contribution in [0.25, 0.3) is 0 Å². The van der Waals surface area contributed by atoms with Crippen LogP contribution in [0.15, 0.2) is 0 Å². The van der Waals surface area contributed by atoms with Gasteiger partial charge in [0.05, 0.1) is 0 Å². The van der Waals surface area contributed by atoms with Crippen molar-refractivity contribution in [2.75, 3.05) is 0 Å². The fourth-order valence-electron chi connectivity index (χ4n) is 5.59. The molecule has 1 aliphatic rings. The first kappa shape index (κ1) is 47.9. The maximum absolute atomic E-state index is 2.34. The standard InChI is InChI=1S/C10H22.C8H16.2C8H18.C7H16/c1-6-10(7-2,8-3)9(4)5;1-4-8(5-6-8)7(2)3;1-6-8(4,5)7(2)3;1-5-8(6-2)7(3)4;1-5-7(4)6(2)3/h9H,6-8H2,1-5H3;7H,4-6H2,1-3H3;7H,6H2,1-5H3;7-8H,5-6H2,1-4H3;6-7H,5H2,1-4H3. The molecule has 0 heterocycles. The average molecular weight is 583 g/mol. The van der Waals surface area contributed by atoms with Gasteiger partial charge in [-0.25, -0.2) is 0 Å². The summed E-state index contributed by atoms with van der Waals surface area (Å²) in [6, 6.07) is 0. The summed E-state index contributed by atoms with van der Waals surface area (Å²) >= 11 is 0. The van der Waals surface area contributed by atoms with Gasteiger partial charge >= 0.3 is 0 Å². The zero-order chi connectivity index (χ0) is 33.6. The van der Waals surface area contributed by atoms with Gasteiger partial charge in [0.25, 0.3) is 0 Å². The van der Waals surface area contributed by atoms with Gasteiger partial charge in [-0.15, -0.1) is 0 Å². The largest absolute Gasteiger partial charge is 0.0651 e. The lowest BCUT2D eigenvalue weighted by atomic mass is 9.71. The van der Waals surface area contributed by atoms with Crippen molar-refractivity contribution in [3.8, 4) is 0 Å². The Bertz CT molecular complexity index is 502. The monoisotopic (exact) mass is 583 g/mol. The smallest absolute Gasteiger partial charge is 0.0277 e. The first-order valence-corrected chi connectivity index (χ1v) is 18.7. The van der Waals surface area contributed by atoms with Gasteiger partial charge in [0.1, 0.15) is 0 Å². The molecule has 0 N–H and O–H groups in total. The minimum absolute atomic E-state index is 0.542. The maximum Gasteiger partial charge on any atom is -0.0277 e. The molecule has 1 aliphatic carbocycles. The summed E-state index contributed by atoms with van der Waals surface area (Å²) in [7, 11) is 0. The molecule has 0 aromatic rings. The summed E-state index contributed by atoms with van der Waals surface area (Å²) in [4.78, 5) is 0. The van der Waals surface area contributed by atoms with Crippen LogP contribution in [-0.2, 0) is 0 Å². The van der Waals surface area contributed by atoms with Crippen molar-refractivity contribution in [2.24, 2.45) is 57.7 Å². The summed E-state index contributed by atoms with van der Waals surface area (Å²) in [5.41, 5.74) is 1.96. The van der Waals surface area contributed by atoms with Gasteiger partial charge in [0.2, 0.25) is 0 Å². The van der Waals surface area contributed by atoms with E-state index in [1.807, 2.05) is 0 Å². The first-order valence-electron chi connectivity index (χ1n) is 18.7. The highest BCUT2D eigenvalue weighted by atomic mass is 14.5. The summed E-state index contributed by atoms with van der Waals surface area (Å²) in [5, 5.41) is 0. The summed E-state index contributed by atoms with van der Waals surface area (Å²) in [6.45, 7) is 48.3. The van der Waals surface area contributed by atoms with E-state index in [9.17, 15) is 0 Å². The number of hydrogen-bond acceptors (Lipinski definition) is 0. The van der Waals surface area contributed by atoms with Crippen LogP contribution in [0, 0.1) is 57.7 Å². The molecule has 0 bridgehead atoms. The van der Waals surface area contributed by atoms with E-state index in [2.05, 4.69) is 145 Å². The van der Waals surface area contributed by atoms with Crippen LogP contribution in [0.1, 0.15) is 210 Å². The molecule has 254 valence electrons. The maximum atomic E-state index is 2.34.